The summed E-state index contributed by atoms with van der Waals surface area (Å²) in [5.74, 6) is -0.985. The lowest BCUT2D eigenvalue weighted by Gasteiger charge is -2.19. The molecule has 1 N–H and O–H groups in total. The summed E-state index contributed by atoms with van der Waals surface area (Å²) in [4.78, 5) is 24.4. The van der Waals surface area contributed by atoms with Gasteiger partial charge in [-0.2, -0.15) is 0 Å². The lowest BCUT2D eigenvalue weighted by molar-refractivity contribution is 0.0519. The van der Waals surface area contributed by atoms with Crippen LogP contribution in [0.15, 0.2) is 59.3 Å². The highest BCUT2D eigenvalue weighted by Crippen LogP contribution is 2.37. The van der Waals surface area contributed by atoms with Crippen LogP contribution in [0.1, 0.15) is 43.7 Å². The maximum atomic E-state index is 15.1. The van der Waals surface area contributed by atoms with Crippen molar-refractivity contribution < 1.29 is 31.9 Å². The number of alkyl carbamates (subject to hydrolysis) is 1. The third-order valence-electron chi connectivity index (χ3n) is 6.01. The van der Waals surface area contributed by atoms with Crippen molar-refractivity contribution in [2.45, 2.75) is 51.7 Å². The number of benzene rings is 2. The Balaban J connectivity index is 2.09. The number of carbonyl (C=O) groups is 2. The van der Waals surface area contributed by atoms with Crippen molar-refractivity contribution in [1.82, 2.24) is 14.2 Å². The van der Waals surface area contributed by atoms with Gasteiger partial charge in [-0.1, -0.05) is 12.1 Å². The molecule has 0 aliphatic carbocycles. The molecule has 0 saturated carbocycles. The van der Waals surface area contributed by atoms with Gasteiger partial charge in [0, 0.05) is 42.8 Å². The Bertz CT molecular complexity index is 1550. The fraction of sp³-hybridized carbons (Fsp3) is 0.379. The van der Waals surface area contributed by atoms with Crippen LogP contribution in [0, 0.1) is 6.92 Å². The summed E-state index contributed by atoms with van der Waals surface area (Å²) in [7, 11) is -0.845. The fourth-order valence-electron chi connectivity index (χ4n) is 4.19. The monoisotopic (exact) mass is 573 g/mol. The first-order valence-corrected chi connectivity index (χ1v) is 14.2. The fourth-order valence-corrected chi connectivity index (χ4v) is 5.12. The molecule has 9 nitrogen and oxygen atoms in total. The normalized spacial score (nSPS) is 12.6. The van der Waals surface area contributed by atoms with Crippen molar-refractivity contribution >= 4 is 33.0 Å². The highest BCUT2D eigenvalue weighted by atomic mass is 32.2. The van der Waals surface area contributed by atoms with Crippen LogP contribution in [0.2, 0.25) is 0 Å². The van der Waals surface area contributed by atoms with Crippen molar-refractivity contribution in [1.29, 1.82) is 0 Å². The maximum Gasteiger partial charge on any atom is 0.407 e. The summed E-state index contributed by atoms with van der Waals surface area (Å²) in [6.45, 7) is 8.72. The number of rotatable bonds is 9. The molecule has 216 valence electrons. The second-order valence-corrected chi connectivity index (χ2v) is 12.5. The average molecular weight is 574 g/mol. The molecular formula is C29H36FN3O6S. The molecule has 0 bridgehead atoms. The smallest absolute Gasteiger partial charge is 0.407 e. The molecule has 2 aromatic carbocycles. The van der Waals surface area contributed by atoms with Gasteiger partial charge < -0.3 is 19.4 Å². The summed E-state index contributed by atoms with van der Waals surface area (Å²) in [6.07, 6.45) is 0.596. The number of amides is 1. The minimum Gasteiger partial charge on any atom is -0.462 e. The highest BCUT2D eigenvalue weighted by molar-refractivity contribution is 7.89. The third-order valence-corrected chi connectivity index (χ3v) is 7.82. The molecule has 11 heteroatoms. The zero-order valence-corrected chi connectivity index (χ0v) is 24.7. The summed E-state index contributed by atoms with van der Waals surface area (Å²) in [6, 6.07) is 11.5. The van der Waals surface area contributed by atoms with Crippen LogP contribution < -0.4 is 5.32 Å². The van der Waals surface area contributed by atoms with E-state index >= 15 is 4.39 Å². The van der Waals surface area contributed by atoms with Crippen LogP contribution in [0.3, 0.4) is 0 Å². The Morgan fingerprint density at radius 3 is 2.45 bits per heavy atom. The number of fused-ring (bicyclic) bond motifs is 1. The van der Waals surface area contributed by atoms with Crippen LogP contribution in [0.25, 0.3) is 22.0 Å². The van der Waals surface area contributed by atoms with E-state index < -0.39 is 33.5 Å². The zero-order valence-electron chi connectivity index (χ0n) is 23.9. The number of halogens is 1. The molecule has 0 radical (unpaired) electrons. The van der Waals surface area contributed by atoms with Gasteiger partial charge in [0.2, 0.25) is 10.0 Å². The van der Waals surface area contributed by atoms with E-state index in [0.717, 1.165) is 4.31 Å². The number of ether oxygens (including phenoxy) is 2. The Hall–Kier alpha value is -3.70. The number of sulfonamides is 1. The lowest BCUT2D eigenvalue weighted by Crippen LogP contribution is -2.32. The van der Waals surface area contributed by atoms with E-state index in [-0.39, 0.29) is 24.6 Å². The summed E-state index contributed by atoms with van der Waals surface area (Å²) in [5.41, 5.74) is 2.26. The topological polar surface area (TPSA) is 107 Å². The van der Waals surface area contributed by atoms with Crippen molar-refractivity contribution in [3.8, 4) is 11.1 Å². The standard InChI is InChI=1S/C29H36FN3O6S/c1-8-38-27(34)21-11-9-10-20(16-21)26-19(2)33(18-22(30)14-15-31-28(35)39-29(3,4)5)25-13-12-23(17-24(25)26)40(36,37)32(6)7/h9-14,16-17H,8,15,18H2,1-7H3,(H,31,35)/b22-14-. The van der Waals surface area contributed by atoms with E-state index in [1.807, 2.05) is 0 Å². The van der Waals surface area contributed by atoms with Crippen molar-refractivity contribution in [2.75, 3.05) is 27.2 Å². The summed E-state index contributed by atoms with van der Waals surface area (Å²) < 4.78 is 54.1. The number of hydrogen-bond acceptors (Lipinski definition) is 6. The van der Waals surface area contributed by atoms with Gasteiger partial charge in [0.25, 0.3) is 0 Å². The molecule has 0 saturated heterocycles. The van der Waals surface area contributed by atoms with Gasteiger partial charge in [0.1, 0.15) is 11.4 Å². The van der Waals surface area contributed by atoms with Gasteiger partial charge in [-0.15, -0.1) is 0 Å². The highest BCUT2D eigenvalue weighted by Gasteiger charge is 2.23. The molecule has 1 amide bonds. The Labute approximate surface area is 234 Å². The third kappa shape index (κ3) is 7.08. The first-order valence-electron chi connectivity index (χ1n) is 12.8. The number of allylic oxidation sites excluding steroid dienone is 1. The minimum absolute atomic E-state index is 0.0708. The number of nitrogens with zero attached hydrogens (tertiary/aromatic N) is 2. The van der Waals surface area contributed by atoms with Gasteiger partial charge in [-0.3, -0.25) is 0 Å². The lowest BCUT2D eigenvalue weighted by atomic mass is 10.00. The van der Waals surface area contributed by atoms with E-state index in [1.54, 1.807) is 75.6 Å². The van der Waals surface area contributed by atoms with Gasteiger partial charge in [-0.25, -0.2) is 26.7 Å². The maximum absolute atomic E-state index is 15.1. The molecule has 1 heterocycles. The molecule has 0 aliphatic rings. The SMILES string of the molecule is CCOC(=O)c1cccc(-c2c(C)n(C/C(F)=C/CNC(=O)OC(C)(C)C)c3ccc(S(=O)(=O)N(C)C)cc23)c1. The summed E-state index contributed by atoms with van der Waals surface area (Å²) in [5, 5.41) is 3.08. The number of carbonyl (C=O) groups excluding carboxylic acids is 2. The van der Waals surface area contributed by atoms with Crippen molar-refractivity contribution in [3.05, 3.63) is 65.6 Å². The first-order chi connectivity index (χ1) is 18.7. The Morgan fingerprint density at radius 2 is 1.82 bits per heavy atom. The van der Waals surface area contributed by atoms with Crippen LogP contribution in [0.4, 0.5) is 9.18 Å². The predicted octanol–water partition coefficient (Wildman–Crippen LogP) is 5.42. The van der Waals surface area contributed by atoms with Crippen LogP contribution in [0.5, 0.6) is 0 Å². The predicted molar refractivity (Wildman–Crippen MR) is 152 cm³/mol. The van der Waals surface area contributed by atoms with E-state index in [4.69, 9.17) is 9.47 Å². The van der Waals surface area contributed by atoms with Gasteiger partial charge >= 0.3 is 12.1 Å². The van der Waals surface area contributed by atoms with Gasteiger partial charge in [0.05, 0.1) is 23.6 Å². The molecule has 3 aromatic rings. The summed E-state index contributed by atoms with van der Waals surface area (Å²) >= 11 is 0. The quantitative estimate of drug-likeness (QED) is 0.343. The molecule has 3 rings (SSSR count). The molecule has 0 fully saturated rings. The number of esters is 1. The van der Waals surface area contributed by atoms with Crippen molar-refractivity contribution in [2.24, 2.45) is 0 Å². The van der Waals surface area contributed by atoms with E-state index in [0.29, 0.717) is 33.3 Å². The number of nitrogens with one attached hydrogen (secondary N) is 1. The minimum atomic E-state index is -3.74. The Morgan fingerprint density at radius 1 is 1.12 bits per heavy atom. The van der Waals surface area contributed by atoms with Crippen LogP contribution >= 0.6 is 0 Å². The first kappa shape index (κ1) is 30.8. The molecule has 0 spiro atoms. The number of hydrogen-bond donors (Lipinski definition) is 1. The second-order valence-electron chi connectivity index (χ2n) is 10.3. The van der Waals surface area contributed by atoms with E-state index in [1.165, 1.54) is 26.2 Å². The van der Waals surface area contributed by atoms with Crippen LogP contribution in [-0.4, -0.2) is 62.2 Å². The van der Waals surface area contributed by atoms with E-state index in [2.05, 4.69) is 5.32 Å². The molecule has 1 aromatic heterocycles. The number of aromatic nitrogens is 1. The molecule has 0 aliphatic heterocycles. The van der Waals surface area contributed by atoms with E-state index in [9.17, 15) is 18.0 Å². The second kappa shape index (κ2) is 12.2. The average Bonchev–Trinajstić information content (AvgIpc) is 3.13. The Kier molecular flexibility index (Phi) is 9.42. The molecular weight excluding hydrogens is 537 g/mol. The molecule has 0 unspecified atom stereocenters. The van der Waals surface area contributed by atoms with Crippen molar-refractivity contribution in [3.63, 3.8) is 0 Å². The molecule has 0 atom stereocenters. The van der Waals surface area contributed by atoms with Gasteiger partial charge in [0.15, 0.2) is 0 Å². The zero-order chi connectivity index (χ0) is 29.8. The largest absolute Gasteiger partial charge is 0.462 e. The molecule has 40 heavy (non-hydrogen) atoms. The van der Waals surface area contributed by atoms with Crippen LogP contribution in [-0.2, 0) is 26.0 Å². The van der Waals surface area contributed by atoms with Gasteiger partial charge in [-0.05, 0) is 76.6 Å².